The van der Waals surface area contributed by atoms with Crippen molar-refractivity contribution in [2.24, 2.45) is 4.99 Å². The van der Waals surface area contributed by atoms with Crippen LogP contribution in [0, 0.1) is 0 Å². The van der Waals surface area contributed by atoms with E-state index in [0.29, 0.717) is 13.2 Å². The van der Waals surface area contributed by atoms with Gasteiger partial charge in [-0.3, -0.25) is 4.79 Å². The average molecular weight is 240 g/mol. The molecule has 98 valence electrons. The number of unbranched alkanes of at least 4 members (excludes halogenated alkanes) is 5. The summed E-state index contributed by atoms with van der Waals surface area (Å²) >= 11 is 0. The first-order chi connectivity index (χ1) is 8.34. The van der Waals surface area contributed by atoms with Gasteiger partial charge in [-0.05, 0) is 6.42 Å². The van der Waals surface area contributed by atoms with Crippen LogP contribution in [0.5, 0.6) is 0 Å². The molecule has 0 saturated carbocycles. The Balaban J connectivity index is 1.98. The Morgan fingerprint density at radius 3 is 2.76 bits per heavy atom. The molecule has 4 nitrogen and oxygen atoms in total. The summed E-state index contributed by atoms with van der Waals surface area (Å²) in [6.07, 6.45) is 8.30. The summed E-state index contributed by atoms with van der Waals surface area (Å²) in [6, 6.07) is 0. The minimum atomic E-state index is -0.154. The van der Waals surface area contributed by atoms with Gasteiger partial charge in [-0.1, -0.05) is 39.0 Å². The van der Waals surface area contributed by atoms with Crippen molar-refractivity contribution in [2.45, 2.75) is 51.9 Å². The number of hydrogen-bond acceptors (Lipinski definition) is 3. The van der Waals surface area contributed by atoms with E-state index in [1.807, 2.05) is 0 Å². The topological polar surface area (TPSA) is 50.7 Å². The van der Waals surface area contributed by atoms with E-state index in [1.54, 1.807) is 0 Å². The summed E-state index contributed by atoms with van der Waals surface area (Å²) in [5.74, 6) is 0.112. The van der Waals surface area contributed by atoms with E-state index in [4.69, 9.17) is 4.74 Å². The average Bonchev–Trinajstić information content (AvgIpc) is 2.38. The Bertz CT molecular complexity index is 252. The van der Waals surface area contributed by atoms with Gasteiger partial charge in [0.05, 0.1) is 6.61 Å². The van der Waals surface area contributed by atoms with Crippen molar-refractivity contribution in [3.63, 3.8) is 0 Å². The van der Waals surface area contributed by atoms with E-state index in [0.717, 1.165) is 19.4 Å². The number of carbonyl (C=O) groups excluding carboxylic acids is 1. The zero-order valence-electron chi connectivity index (χ0n) is 10.8. The highest BCUT2D eigenvalue weighted by Crippen LogP contribution is 2.04. The summed E-state index contributed by atoms with van der Waals surface area (Å²) < 4.78 is 5.19. The first kappa shape index (κ1) is 14.0. The molecule has 0 aromatic carbocycles. The molecule has 0 bridgehead atoms. The maximum absolute atomic E-state index is 11.6. The molecule has 1 rings (SSSR count). The molecule has 1 heterocycles. The van der Waals surface area contributed by atoms with Crippen molar-refractivity contribution in [3.8, 4) is 0 Å². The van der Waals surface area contributed by atoms with E-state index in [1.165, 1.54) is 32.1 Å². The van der Waals surface area contributed by atoms with Crippen LogP contribution >= 0.6 is 0 Å². The van der Waals surface area contributed by atoms with Crippen molar-refractivity contribution in [1.82, 2.24) is 5.32 Å². The lowest BCUT2D eigenvalue weighted by Gasteiger charge is -2.13. The van der Waals surface area contributed by atoms with Crippen LogP contribution in [0.3, 0.4) is 0 Å². The maximum atomic E-state index is 11.6. The lowest BCUT2D eigenvalue weighted by atomic mass is 10.1. The molecule has 0 saturated heterocycles. The smallest absolute Gasteiger partial charge is 0.306 e. The van der Waals surface area contributed by atoms with Gasteiger partial charge in [0.15, 0.2) is 0 Å². The zero-order valence-corrected chi connectivity index (χ0v) is 10.8. The Morgan fingerprint density at radius 2 is 2.06 bits per heavy atom. The third kappa shape index (κ3) is 6.29. The highest BCUT2D eigenvalue weighted by molar-refractivity contribution is 6.35. The summed E-state index contributed by atoms with van der Waals surface area (Å²) in [7, 11) is 0. The highest BCUT2D eigenvalue weighted by Gasteiger charge is 2.14. The number of nitrogens with one attached hydrogen (secondary N) is 1. The molecule has 0 aliphatic carbocycles. The van der Waals surface area contributed by atoms with Crippen LogP contribution in [-0.2, 0) is 9.53 Å². The number of rotatable bonds is 8. The third-order valence-corrected chi connectivity index (χ3v) is 2.81. The van der Waals surface area contributed by atoms with Gasteiger partial charge in [0.25, 0.3) is 5.90 Å². The molecule has 0 atom stereocenters. The van der Waals surface area contributed by atoms with Gasteiger partial charge in [0, 0.05) is 19.5 Å². The first-order valence-corrected chi connectivity index (χ1v) is 6.80. The molecular weight excluding hydrogens is 216 g/mol. The van der Waals surface area contributed by atoms with Gasteiger partial charge in [-0.15, -0.1) is 0 Å². The second-order valence-corrected chi connectivity index (χ2v) is 4.41. The lowest BCUT2D eigenvalue weighted by Crippen LogP contribution is -2.35. The number of hydrogen-bond donors (Lipinski definition) is 1. The monoisotopic (exact) mass is 240 g/mol. The van der Waals surface area contributed by atoms with Gasteiger partial charge in [-0.2, -0.15) is 0 Å². The van der Waals surface area contributed by atoms with Crippen LogP contribution < -0.4 is 5.32 Å². The largest absolute Gasteiger partial charge is 0.474 e. The number of aliphatic imine (C=N–C) groups is 1. The molecule has 4 heteroatoms. The molecule has 1 aliphatic rings. The van der Waals surface area contributed by atoms with E-state index < -0.39 is 0 Å². The molecule has 1 amide bonds. The fourth-order valence-corrected chi connectivity index (χ4v) is 1.78. The van der Waals surface area contributed by atoms with E-state index in [2.05, 4.69) is 17.2 Å². The SMILES string of the molecule is CCCCCCCCNC(=O)C1=NCCCO1. The van der Waals surface area contributed by atoms with Crippen molar-refractivity contribution in [1.29, 1.82) is 0 Å². The quantitative estimate of drug-likeness (QED) is 0.662. The molecule has 1 N–H and O–H groups in total. The molecule has 17 heavy (non-hydrogen) atoms. The fraction of sp³-hybridized carbons (Fsp3) is 0.846. The van der Waals surface area contributed by atoms with Gasteiger partial charge < -0.3 is 10.1 Å². The zero-order chi connectivity index (χ0) is 12.3. The van der Waals surface area contributed by atoms with E-state index in [9.17, 15) is 4.79 Å². The predicted molar refractivity (Wildman–Crippen MR) is 69.3 cm³/mol. The summed E-state index contributed by atoms with van der Waals surface area (Å²) in [5.41, 5.74) is 0. The number of nitrogens with zero attached hydrogens (tertiary/aromatic N) is 1. The third-order valence-electron chi connectivity index (χ3n) is 2.81. The van der Waals surface area contributed by atoms with E-state index >= 15 is 0 Å². The Kier molecular flexibility index (Phi) is 7.43. The van der Waals surface area contributed by atoms with Gasteiger partial charge in [0.1, 0.15) is 0 Å². The van der Waals surface area contributed by atoms with Gasteiger partial charge in [0.2, 0.25) is 0 Å². The predicted octanol–water partition coefficient (Wildman–Crippen LogP) is 2.28. The number of carbonyl (C=O) groups is 1. The highest BCUT2D eigenvalue weighted by atomic mass is 16.5. The Labute approximate surface area is 104 Å². The summed E-state index contributed by atoms with van der Waals surface area (Å²) in [6.45, 7) is 4.27. The van der Waals surface area contributed by atoms with Crippen molar-refractivity contribution >= 4 is 11.8 Å². The second kappa shape index (κ2) is 9.02. The molecule has 0 radical (unpaired) electrons. The van der Waals surface area contributed by atoms with Crippen LogP contribution in [0.1, 0.15) is 51.9 Å². The molecule has 0 unspecified atom stereocenters. The molecule has 0 spiro atoms. The fourth-order valence-electron chi connectivity index (χ4n) is 1.78. The van der Waals surface area contributed by atoms with Gasteiger partial charge in [-0.25, -0.2) is 4.99 Å². The molecule has 1 aliphatic heterocycles. The molecular formula is C13H24N2O2. The molecule has 0 aromatic rings. The summed E-state index contributed by atoms with van der Waals surface area (Å²) in [5, 5.41) is 2.85. The van der Waals surface area contributed by atoms with Crippen LogP contribution in [-0.4, -0.2) is 31.5 Å². The van der Waals surface area contributed by atoms with Gasteiger partial charge >= 0.3 is 5.91 Å². The number of ether oxygens (including phenoxy) is 1. The second-order valence-electron chi connectivity index (χ2n) is 4.41. The van der Waals surface area contributed by atoms with Crippen LogP contribution in [0.25, 0.3) is 0 Å². The number of amides is 1. The van der Waals surface area contributed by atoms with Crippen LogP contribution in [0.4, 0.5) is 0 Å². The summed E-state index contributed by atoms with van der Waals surface area (Å²) in [4.78, 5) is 15.6. The normalized spacial score (nSPS) is 15.0. The van der Waals surface area contributed by atoms with E-state index in [-0.39, 0.29) is 11.8 Å². The molecule has 0 fully saturated rings. The minimum Gasteiger partial charge on any atom is -0.474 e. The van der Waals surface area contributed by atoms with Crippen LogP contribution in [0.15, 0.2) is 4.99 Å². The first-order valence-electron chi connectivity index (χ1n) is 6.80. The minimum absolute atomic E-state index is 0.154. The van der Waals surface area contributed by atoms with Crippen molar-refractivity contribution in [2.75, 3.05) is 19.7 Å². The molecule has 0 aromatic heterocycles. The Hall–Kier alpha value is -1.06. The van der Waals surface area contributed by atoms with Crippen LogP contribution in [0.2, 0.25) is 0 Å². The standard InChI is InChI=1S/C13H24N2O2/c1-2-3-4-5-6-7-9-14-12(16)13-15-10-8-11-17-13/h2-11H2,1H3,(H,14,16). The lowest BCUT2D eigenvalue weighted by molar-refractivity contribution is -0.116. The van der Waals surface area contributed by atoms with Crippen molar-refractivity contribution in [3.05, 3.63) is 0 Å². The Morgan fingerprint density at radius 1 is 1.29 bits per heavy atom. The van der Waals surface area contributed by atoms with Crippen molar-refractivity contribution < 1.29 is 9.53 Å². The maximum Gasteiger partial charge on any atom is 0.306 e.